The number of carbonyl (C=O) groups is 3. The summed E-state index contributed by atoms with van der Waals surface area (Å²) in [5, 5.41) is 5.60. The molecule has 2 atom stereocenters. The van der Waals surface area contributed by atoms with E-state index in [1.165, 1.54) is 0 Å². The van der Waals surface area contributed by atoms with Crippen molar-refractivity contribution in [2.75, 3.05) is 6.54 Å². The van der Waals surface area contributed by atoms with Gasteiger partial charge in [-0.25, -0.2) is 4.79 Å². The van der Waals surface area contributed by atoms with Crippen LogP contribution in [-0.2, 0) is 14.3 Å². The highest BCUT2D eigenvalue weighted by Crippen LogP contribution is 2.28. The Hall–Kier alpha value is -2.57. The van der Waals surface area contributed by atoms with E-state index in [1.54, 1.807) is 25.7 Å². The van der Waals surface area contributed by atoms with E-state index in [-0.39, 0.29) is 24.4 Å². The van der Waals surface area contributed by atoms with Gasteiger partial charge < -0.3 is 20.3 Å². The quantitative estimate of drug-likeness (QED) is 0.518. The third-order valence-electron chi connectivity index (χ3n) is 5.09. The second kappa shape index (κ2) is 12.2. The number of carbonyl (C=O) groups excluding carboxylic acids is 3. The van der Waals surface area contributed by atoms with Gasteiger partial charge in [-0.05, 0) is 79.7 Å². The van der Waals surface area contributed by atoms with Crippen molar-refractivity contribution in [1.29, 1.82) is 0 Å². The zero-order chi connectivity index (χ0) is 26.3. The van der Waals surface area contributed by atoms with E-state index in [4.69, 9.17) is 4.74 Å². The summed E-state index contributed by atoms with van der Waals surface area (Å²) in [4.78, 5) is 40.9. The topological polar surface area (TPSA) is 87.7 Å². The van der Waals surface area contributed by atoms with Crippen LogP contribution in [0, 0.1) is 12.8 Å². The fraction of sp³-hybridized carbons (Fsp3) is 0.667. The highest BCUT2D eigenvalue weighted by Gasteiger charge is 2.36. The van der Waals surface area contributed by atoms with Crippen LogP contribution in [0.5, 0.6) is 0 Å². The zero-order valence-electron chi connectivity index (χ0n) is 22.7. The molecule has 0 aliphatic carbocycles. The monoisotopic (exact) mass is 475 g/mol. The molecule has 1 aromatic rings. The van der Waals surface area contributed by atoms with Gasteiger partial charge in [-0.1, -0.05) is 43.7 Å². The number of hydrogen-bond acceptors (Lipinski definition) is 4. The average molecular weight is 476 g/mol. The van der Waals surface area contributed by atoms with Crippen molar-refractivity contribution in [3.63, 3.8) is 0 Å². The summed E-state index contributed by atoms with van der Waals surface area (Å²) in [6, 6.07) is 6.62. The number of aryl methyl sites for hydroxylation is 1. The highest BCUT2D eigenvalue weighted by molar-refractivity contribution is 5.91. The Bertz CT molecular complexity index is 837. The molecule has 0 aromatic heterocycles. The van der Waals surface area contributed by atoms with Crippen LogP contribution in [-0.4, -0.2) is 46.5 Å². The van der Waals surface area contributed by atoms with Crippen LogP contribution >= 0.6 is 0 Å². The number of rotatable bonds is 9. The summed E-state index contributed by atoms with van der Waals surface area (Å²) in [5.41, 5.74) is 0.599. The van der Waals surface area contributed by atoms with Crippen LogP contribution in [0.15, 0.2) is 24.3 Å². The molecule has 34 heavy (non-hydrogen) atoms. The molecule has 2 unspecified atom stereocenters. The number of nitrogens with one attached hydrogen (secondary N) is 2. The Balaban J connectivity index is 3.36. The molecule has 0 radical (unpaired) electrons. The predicted molar refractivity (Wildman–Crippen MR) is 136 cm³/mol. The molecule has 0 saturated heterocycles. The van der Waals surface area contributed by atoms with Gasteiger partial charge >= 0.3 is 6.09 Å². The lowest BCUT2D eigenvalue weighted by Gasteiger charge is -2.38. The molecular weight excluding hydrogens is 430 g/mol. The third-order valence-corrected chi connectivity index (χ3v) is 5.09. The van der Waals surface area contributed by atoms with E-state index < -0.39 is 23.3 Å². The fourth-order valence-corrected chi connectivity index (χ4v) is 3.63. The summed E-state index contributed by atoms with van der Waals surface area (Å²) in [7, 11) is 0. The first-order chi connectivity index (χ1) is 15.5. The number of hydrogen-bond donors (Lipinski definition) is 2. The fourth-order valence-electron chi connectivity index (χ4n) is 3.63. The van der Waals surface area contributed by atoms with Crippen molar-refractivity contribution in [2.45, 2.75) is 105 Å². The summed E-state index contributed by atoms with van der Waals surface area (Å²) >= 11 is 0. The van der Waals surface area contributed by atoms with Crippen LogP contribution in [0.1, 0.15) is 92.3 Å². The molecule has 0 aliphatic rings. The molecule has 7 nitrogen and oxygen atoms in total. The molecule has 1 rings (SSSR count). The molecule has 0 fully saturated rings. The van der Waals surface area contributed by atoms with Gasteiger partial charge in [-0.3, -0.25) is 9.59 Å². The number of nitrogens with zero attached hydrogens (tertiary/aromatic N) is 1. The largest absolute Gasteiger partial charge is 0.444 e. The summed E-state index contributed by atoms with van der Waals surface area (Å²) < 4.78 is 5.28. The first-order valence-electron chi connectivity index (χ1n) is 12.2. The Morgan fingerprint density at radius 1 is 1.00 bits per heavy atom. The smallest absolute Gasteiger partial charge is 0.408 e. The number of amides is 3. The molecule has 7 heteroatoms. The molecule has 3 amide bonds. The van der Waals surface area contributed by atoms with Crippen molar-refractivity contribution in [1.82, 2.24) is 15.5 Å². The normalized spacial score (nSPS) is 13.7. The lowest BCUT2D eigenvalue weighted by molar-refractivity contribution is -0.143. The standard InChI is InChI=1S/C27H45N3O4/c1-18(2)14-15-20(4)30(22(31)17-28-25(33)34-27(8,9)10)23(24(32)29-26(5,6)7)21-13-11-12-19(3)16-21/h11-13,16,18,20,23H,14-15,17H2,1-10H3,(H,28,33)(H,29,32). The van der Waals surface area contributed by atoms with Crippen LogP contribution in [0.3, 0.4) is 0 Å². The Labute approximate surface area is 206 Å². The van der Waals surface area contributed by atoms with Gasteiger partial charge in [0.05, 0.1) is 0 Å². The molecule has 2 N–H and O–H groups in total. The first kappa shape index (κ1) is 29.5. The van der Waals surface area contributed by atoms with Crippen molar-refractivity contribution >= 4 is 17.9 Å². The lowest BCUT2D eigenvalue weighted by atomic mass is 9.96. The van der Waals surface area contributed by atoms with Crippen molar-refractivity contribution in [3.05, 3.63) is 35.4 Å². The third kappa shape index (κ3) is 10.6. The van der Waals surface area contributed by atoms with Crippen molar-refractivity contribution in [2.24, 2.45) is 5.92 Å². The van der Waals surface area contributed by atoms with E-state index >= 15 is 0 Å². The Morgan fingerprint density at radius 3 is 2.12 bits per heavy atom. The minimum Gasteiger partial charge on any atom is -0.444 e. The van der Waals surface area contributed by atoms with Crippen LogP contribution < -0.4 is 10.6 Å². The minimum atomic E-state index is -0.825. The van der Waals surface area contributed by atoms with Crippen LogP contribution in [0.25, 0.3) is 0 Å². The van der Waals surface area contributed by atoms with Crippen molar-refractivity contribution in [3.8, 4) is 0 Å². The second-order valence-electron chi connectivity index (χ2n) is 11.5. The second-order valence-corrected chi connectivity index (χ2v) is 11.5. The molecule has 0 spiro atoms. The molecule has 1 aromatic carbocycles. The van der Waals surface area contributed by atoms with E-state index in [1.807, 2.05) is 58.9 Å². The van der Waals surface area contributed by atoms with Crippen LogP contribution in [0.4, 0.5) is 4.79 Å². The molecule has 0 bridgehead atoms. The maximum atomic E-state index is 13.6. The summed E-state index contributed by atoms with van der Waals surface area (Å²) in [6.45, 7) is 19.0. The number of ether oxygens (including phenoxy) is 1. The highest BCUT2D eigenvalue weighted by atomic mass is 16.6. The van der Waals surface area contributed by atoms with E-state index in [0.717, 1.165) is 24.0 Å². The number of benzene rings is 1. The van der Waals surface area contributed by atoms with Crippen LogP contribution in [0.2, 0.25) is 0 Å². The summed E-state index contributed by atoms with van der Waals surface area (Å²) in [5.74, 6) is -0.127. The van der Waals surface area contributed by atoms with E-state index in [9.17, 15) is 14.4 Å². The Kier molecular flexibility index (Phi) is 10.6. The van der Waals surface area contributed by atoms with Gasteiger partial charge in [0.2, 0.25) is 11.8 Å². The van der Waals surface area contributed by atoms with E-state index in [2.05, 4.69) is 24.5 Å². The lowest BCUT2D eigenvalue weighted by Crippen LogP contribution is -2.53. The number of alkyl carbamates (subject to hydrolysis) is 1. The maximum Gasteiger partial charge on any atom is 0.408 e. The minimum absolute atomic E-state index is 0.216. The average Bonchev–Trinajstić information content (AvgIpc) is 2.65. The van der Waals surface area contributed by atoms with Gasteiger partial charge in [0.1, 0.15) is 18.2 Å². The molecule has 0 saturated carbocycles. The van der Waals surface area contributed by atoms with Gasteiger partial charge in [0, 0.05) is 11.6 Å². The predicted octanol–water partition coefficient (Wildman–Crippen LogP) is 5.13. The summed E-state index contributed by atoms with van der Waals surface area (Å²) in [6.07, 6.45) is 0.981. The van der Waals surface area contributed by atoms with Crippen molar-refractivity contribution < 1.29 is 19.1 Å². The van der Waals surface area contributed by atoms with Gasteiger partial charge in [0.25, 0.3) is 0 Å². The molecule has 0 aliphatic heterocycles. The van der Waals surface area contributed by atoms with Gasteiger partial charge in [-0.2, -0.15) is 0 Å². The molecule has 0 heterocycles. The van der Waals surface area contributed by atoms with E-state index in [0.29, 0.717) is 5.92 Å². The van der Waals surface area contributed by atoms with Gasteiger partial charge in [-0.15, -0.1) is 0 Å². The zero-order valence-corrected chi connectivity index (χ0v) is 22.7. The molecular formula is C27H45N3O4. The first-order valence-corrected chi connectivity index (χ1v) is 12.2. The van der Waals surface area contributed by atoms with Gasteiger partial charge in [0.15, 0.2) is 0 Å². The SMILES string of the molecule is Cc1cccc(C(C(=O)NC(C)(C)C)N(C(=O)CNC(=O)OC(C)(C)C)C(C)CCC(C)C)c1. The molecule has 192 valence electrons. The maximum absolute atomic E-state index is 13.6. The Morgan fingerprint density at radius 2 is 1.62 bits per heavy atom.